The van der Waals surface area contributed by atoms with Gasteiger partial charge in [0.05, 0.1) is 0 Å². The molecular formula is C26H35Br2N6O7P. The van der Waals surface area contributed by atoms with Gasteiger partial charge in [0.1, 0.15) is 25.5 Å². The molecule has 0 fully saturated rings. The number of urea groups is 2. The molecule has 16 heteroatoms. The summed E-state index contributed by atoms with van der Waals surface area (Å²) in [5, 5.41) is 15.4. The SMILES string of the molecule is CCC[C@H](NC(=O)Nc1ccc(Br)cc1)C(=O)NCO[PH](=O)OCNC(=O)[C@H](CCC)NC(=O)Nc1ccc(Br)cc1. The Morgan fingerprint density at radius 1 is 0.690 bits per heavy atom. The van der Waals surface area contributed by atoms with E-state index in [0.717, 1.165) is 8.95 Å². The fourth-order valence-corrected chi connectivity index (χ4v) is 4.44. The van der Waals surface area contributed by atoms with Crippen LogP contribution in [0.2, 0.25) is 0 Å². The van der Waals surface area contributed by atoms with Crippen LogP contribution in [0.1, 0.15) is 39.5 Å². The number of hydrogen-bond acceptors (Lipinski definition) is 7. The number of hydrogen-bond donors (Lipinski definition) is 6. The van der Waals surface area contributed by atoms with E-state index < -0.39 is 57.7 Å². The molecule has 2 aromatic carbocycles. The highest BCUT2D eigenvalue weighted by molar-refractivity contribution is 9.10. The zero-order valence-corrected chi connectivity index (χ0v) is 27.3. The predicted molar refractivity (Wildman–Crippen MR) is 167 cm³/mol. The highest BCUT2D eigenvalue weighted by Gasteiger charge is 2.21. The number of nitrogens with one attached hydrogen (secondary N) is 6. The number of amides is 6. The summed E-state index contributed by atoms with van der Waals surface area (Å²) in [6, 6.07) is 11.1. The van der Waals surface area contributed by atoms with Gasteiger partial charge in [0, 0.05) is 20.3 Å². The molecule has 2 aromatic rings. The first-order valence-electron chi connectivity index (χ1n) is 13.1. The lowest BCUT2D eigenvalue weighted by atomic mass is 10.1. The third-order valence-electron chi connectivity index (χ3n) is 5.48. The minimum Gasteiger partial charge on any atom is -0.331 e. The van der Waals surface area contributed by atoms with Gasteiger partial charge in [-0.3, -0.25) is 23.2 Å². The first-order valence-corrected chi connectivity index (χ1v) is 15.9. The van der Waals surface area contributed by atoms with E-state index in [4.69, 9.17) is 9.05 Å². The molecular weight excluding hydrogens is 699 g/mol. The molecule has 6 N–H and O–H groups in total. The molecule has 0 aromatic heterocycles. The second kappa shape index (κ2) is 19.3. The number of anilines is 2. The van der Waals surface area contributed by atoms with E-state index in [9.17, 15) is 23.7 Å². The van der Waals surface area contributed by atoms with Crippen molar-refractivity contribution in [1.29, 1.82) is 0 Å². The molecule has 0 unspecified atom stereocenters. The van der Waals surface area contributed by atoms with Crippen molar-refractivity contribution in [3.63, 3.8) is 0 Å². The molecule has 0 spiro atoms. The van der Waals surface area contributed by atoms with Gasteiger partial charge in [0.25, 0.3) is 0 Å². The first-order chi connectivity index (χ1) is 20.1. The Balaban J connectivity index is 1.71. The highest BCUT2D eigenvalue weighted by atomic mass is 79.9. The van der Waals surface area contributed by atoms with Crippen molar-refractivity contribution in [3.8, 4) is 0 Å². The molecule has 0 saturated carbocycles. The molecule has 230 valence electrons. The molecule has 6 amide bonds. The quantitative estimate of drug-likeness (QED) is 0.103. The topological polar surface area (TPSA) is 176 Å². The average molecular weight is 734 g/mol. The molecule has 0 aliphatic rings. The van der Waals surface area contributed by atoms with E-state index in [1.807, 2.05) is 13.8 Å². The molecule has 0 aliphatic carbocycles. The first kappa shape index (κ1) is 35.2. The molecule has 0 saturated heterocycles. The number of rotatable bonds is 16. The van der Waals surface area contributed by atoms with Crippen LogP contribution in [0, 0.1) is 0 Å². The summed E-state index contributed by atoms with van der Waals surface area (Å²) in [6.45, 7) is 2.86. The van der Waals surface area contributed by atoms with Crippen molar-refractivity contribution in [3.05, 3.63) is 57.5 Å². The van der Waals surface area contributed by atoms with Crippen LogP contribution in [0.15, 0.2) is 57.5 Å². The van der Waals surface area contributed by atoms with Crippen molar-refractivity contribution < 1.29 is 32.8 Å². The second-order valence-corrected chi connectivity index (χ2v) is 11.7. The van der Waals surface area contributed by atoms with Crippen molar-refractivity contribution in [2.45, 2.75) is 51.6 Å². The van der Waals surface area contributed by atoms with Crippen LogP contribution in [0.4, 0.5) is 21.0 Å². The molecule has 42 heavy (non-hydrogen) atoms. The summed E-state index contributed by atoms with van der Waals surface area (Å²) < 4.78 is 23.8. The van der Waals surface area contributed by atoms with Gasteiger partial charge in [-0.05, 0) is 61.4 Å². The lowest BCUT2D eigenvalue weighted by Crippen LogP contribution is -2.48. The summed E-state index contributed by atoms with van der Waals surface area (Å²) in [5.41, 5.74) is 1.11. The average Bonchev–Trinajstić information content (AvgIpc) is 2.95. The lowest BCUT2D eigenvalue weighted by molar-refractivity contribution is -0.124. The maximum Gasteiger partial charge on any atom is 0.322 e. The molecule has 0 radical (unpaired) electrons. The Labute approximate surface area is 261 Å². The minimum absolute atomic E-state index is 0.366. The van der Waals surface area contributed by atoms with Crippen LogP contribution >= 0.6 is 40.1 Å². The Bertz CT molecular complexity index is 1110. The highest BCUT2D eigenvalue weighted by Crippen LogP contribution is 2.22. The Kier molecular flexibility index (Phi) is 16.2. The van der Waals surface area contributed by atoms with E-state index in [2.05, 4.69) is 63.8 Å². The second-order valence-electron chi connectivity index (χ2n) is 8.80. The van der Waals surface area contributed by atoms with Gasteiger partial charge in [0.15, 0.2) is 0 Å². The van der Waals surface area contributed by atoms with E-state index in [-0.39, 0.29) is 0 Å². The van der Waals surface area contributed by atoms with Crippen molar-refractivity contribution in [1.82, 2.24) is 21.3 Å². The largest absolute Gasteiger partial charge is 0.331 e. The summed E-state index contributed by atoms with van der Waals surface area (Å²) in [5.74, 6) is -1.05. The minimum atomic E-state index is -3.07. The van der Waals surface area contributed by atoms with Crippen molar-refractivity contribution in [2.24, 2.45) is 0 Å². The van der Waals surface area contributed by atoms with Crippen molar-refractivity contribution in [2.75, 3.05) is 24.1 Å². The third kappa shape index (κ3) is 13.8. The van der Waals surface area contributed by atoms with E-state index >= 15 is 0 Å². The number of carbonyl (C=O) groups is 4. The van der Waals surface area contributed by atoms with Gasteiger partial charge in [-0.1, -0.05) is 58.5 Å². The molecule has 2 atom stereocenters. The van der Waals surface area contributed by atoms with Crippen molar-refractivity contribution >= 4 is 75.4 Å². The summed E-state index contributed by atoms with van der Waals surface area (Å²) in [7, 11) is -3.07. The molecule has 0 bridgehead atoms. The van der Waals surface area contributed by atoms with Crippen LogP contribution in [0.3, 0.4) is 0 Å². The Morgan fingerprint density at radius 3 is 1.38 bits per heavy atom. The molecule has 13 nitrogen and oxygen atoms in total. The maximum atomic E-state index is 12.5. The Hall–Kier alpha value is -2.97. The summed E-state index contributed by atoms with van der Waals surface area (Å²) >= 11 is 6.64. The van der Waals surface area contributed by atoms with Crippen LogP contribution in [0.5, 0.6) is 0 Å². The maximum absolute atomic E-state index is 12.5. The zero-order valence-electron chi connectivity index (χ0n) is 23.1. The van der Waals surface area contributed by atoms with Gasteiger partial charge in [-0.15, -0.1) is 0 Å². The number of halogens is 2. The fourth-order valence-electron chi connectivity index (χ4n) is 3.45. The van der Waals surface area contributed by atoms with Crippen LogP contribution in [-0.2, 0) is 23.2 Å². The van der Waals surface area contributed by atoms with Gasteiger partial charge < -0.3 is 31.9 Å². The summed E-state index contributed by atoms with van der Waals surface area (Å²) in [6.07, 6.45) is 1.98. The summed E-state index contributed by atoms with van der Waals surface area (Å²) in [4.78, 5) is 49.7. The van der Waals surface area contributed by atoms with Crippen LogP contribution < -0.4 is 31.9 Å². The third-order valence-corrected chi connectivity index (χ3v) is 7.29. The normalized spacial score (nSPS) is 12.1. The lowest BCUT2D eigenvalue weighted by Gasteiger charge is -2.19. The standard InChI is InChI=1S/C26H35Br2N6O7P/c1-3-5-21(33-25(37)31-19-11-7-17(27)8-12-19)23(35)29-15-40-42(39)41-16-30-24(36)22(6-4-2)34-26(38)32-20-13-9-18(28)10-14-20/h7-14,21-22,42H,3-6,15-16H2,1-2H3,(H,29,35)(H,30,36)(H2,31,33,37)(H2,32,34,38)/t21-,22-/m0/s1. The monoisotopic (exact) mass is 732 g/mol. The van der Waals surface area contributed by atoms with Gasteiger partial charge in [0.2, 0.25) is 11.8 Å². The smallest absolute Gasteiger partial charge is 0.322 e. The number of carbonyl (C=O) groups excluding carboxylic acids is 4. The molecule has 0 heterocycles. The molecule has 2 rings (SSSR count). The van der Waals surface area contributed by atoms with Gasteiger partial charge in [-0.2, -0.15) is 0 Å². The van der Waals surface area contributed by atoms with Crippen LogP contribution in [0.25, 0.3) is 0 Å². The predicted octanol–water partition coefficient (Wildman–Crippen LogP) is 5.06. The van der Waals surface area contributed by atoms with E-state index in [1.165, 1.54) is 0 Å². The van der Waals surface area contributed by atoms with E-state index in [1.54, 1.807) is 48.5 Å². The number of benzene rings is 2. The Morgan fingerprint density at radius 2 is 1.05 bits per heavy atom. The van der Waals surface area contributed by atoms with Crippen LogP contribution in [-0.4, -0.2) is 49.4 Å². The van der Waals surface area contributed by atoms with E-state index in [0.29, 0.717) is 37.1 Å². The zero-order chi connectivity index (χ0) is 30.9. The molecule has 0 aliphatic heterocycles. The fraction of sp³-hybridized carbons (Fsp3) is 0.385. The van der Waals surface area contributed by atoms with Gasteiger partial charge >= 0.3 is 20.3 Å². The van der Waals surface area contributed by atoms with Gasteiger partial charge in [-0.25, -0.2) is 9.59 Å².